The number of Topliss-reactive ketones (excluding diaryl/α,β-unsaturated/α-hetero) is 1. The molecule has 124 valence electrons. The number of carbonyl (C=O) groups is 2. The van der Waals surface area contributed by atoms with Crippen LogP contribution in [0.4, 0.5) is 11.4 Å². The molecule has 1 amide bonds. The first-order valence-electron chi connectivity index (χ1n) is 6.84. The van der Waals surface area contributed by atoms with Crippen LogP contribution in [0.25, 0.3) is 0 Å². The highest BCUT2D eigenvalue weighted by Crippen LogP contribution is 2.23. The maximum absolute atomic E-state index is 11.9. The second-order valence-corrected chi connectivity index (χ2v) is 5.27. The van der Waals surface area contributed by atoms with Crippen LogP contribution in [0.5, 0.6) is 5.75 Å². The molecular weight excluding hydrogens is 336 g/mol. The van der Waals surface area contributed by atoms with Crippen molar-refractivity contribution in [3.05, 3.63) is 63.2 Å². The van der Waals surface area contributed by atoms with E-state index in [4.69, 9.17) is 16.3 Å². The summed E-state index contributed by atoms with van der Waals surface area (Å²) in [5.41, 5.74) is 0.610. The number of benzene rings is 2. The van der Waals surface area contributed by atoms with Crippen LogP contribution in [0, 0.1) is 10.1 Å². The van der Waals surface area contributed by atoms with Gasteiger partial charge in [0.2, 0.25) is 0 Å². The van der Waals surface area contributed by atoms with Crippen LogP contribution < -0.4 is 10.1 Å². The zero-order valence-corrected chi connectivity index (χ0v) is 13.4. The number of hydrogen-bond donors (Lipinski definition) is 1. The molecule has 2 aromatic carbocycles. The third-order valence-corrected chi connectivity index (χ3v) is 3.28. The fourth-order valence-electron chi connectivity index (χ4n) is 1.91. The highest BCUT2D eigenvalue weighted by Gasteiger charge is 2.12. The zero-order valence-electron chi connectivity index (χ0n) is 12.6. The number of non-ortho nitro benzene ring substituents is 1. The van der Waals surface area contributed by atoms with Crippen molar-refractivity contribution in [2.75, 3.05) is 11.9 Å². The van der Waals surface area contributed by atoms with Gasteiger partial charge >= 0.3 is 0 Å². The minimum Gasteiger partial charge on any atom is -0.483 e. The molecule has 0 saturated carbocycles. The quantitative estimate of drug-likeness (QED) is 0.489. The molecular formula is C16H13ClN2O5. The largest absolute Gasteiger partial charge is 0.483 e. The van der Waals surface area contributed by atoms with Gasteiger partial charge in [0.1, 0.15) is 5.75 Å². The molecule has 0 aromatic heterocycles. The molecule has 1 N–H and O–H groups in total. The van der Waals surface area contributed by atoms with Gasteiger partial charge in [-0.3, -0.25) is 19.7 Å². The highest BCUT2D eigenvalue weighted by atomic mass is 35.5. The summed E-state index contributed by atoms with van der Waals surface area (Å²) in [5, 5.41) is 13.5. The number of halogens is 1. The molecule has 2 aromatic rings. The molecule has 0 saturated heterocycles. The molecule has 0 aliphatic rings. The SMILES string of the molecule is CC(=O)c1cc(Cl)ccc1OCC(=O)Nc1ccc([N+](=O)[O-])cc1. The van der Waals surface area contributed by atoms with Crippen LogP contribution in [0.1, 0.15) is 17.3 Å². The number of hydrogen-bond acceptors (Lipinski definition) is 5. The number of amides is 1. The van der Waals surface area contributed by atoms with Crippen LogP contribution in [0.2, 0.25) is 5.02 Å². The molecule has 24 heavy (non-hydrogen) atoms. The van der Waals surface area contributed by atoms with Crippen LogP contribution >= 0.6 is 11.6 Å². The van der Waals surface area contributed by atoms with Gasteiger partial charge in [-0.05, 0) is 37.3 Å². The molecule has 8 heteroatoms. The molecule has 0 bridgehead atoms. The lowest BCUT2D eigenvalue weighted by molar-refractivity contribution is -0.384. The Bertz CT molecular complexity index is 790. The van der Waals surface area contributed by atoms with Gasteiger partial charge in [0.25, 0.3) is 11.6 Å². The van der Waals surface area contributed by atoms with Gasteiger partial charge in [-0.15, -0.1) is 0 Å². The number of nitro benzene ring substituents is 1. The van der Waals surface area contributed by atoms with E-state index in [0.29, 0.717) is 10.7 Å². The van der Waals surface area contributed by atoms with Gasteiger partial charge in [0, 0.05) is 22.8 Å². The predicted octanol–water partition coefficient (Wildman–Crippen LogP) is 3.47. The highest BCUT2D eigenvalue weighted by molar-refractivity contribution is 6.31. The summed E-state index contributed by atoms with van der Waals surface area (Å²) < 4.78 is 5.35. The summed E-state index contributed by atoms with van der Waals surface area (Å²) in [6.45, 7) is 1.05. The van der Waals surface area contributed by atoms with Crippen molar-refractivity contribution in [1.29, 1.82) is 0 Å². The fourth-order valence-corrected chi connectivity index (χ4v) is 2.08. The number of nitro groups is 1. The standard InChI is InChI=1S/C16H13ClN2O5/c1-10(20)14-8-11(17)2-7-15(14)24-9-16(21)18-12-3-5-13(6-4-12)19(22)23/h2-8H,9H2,1H3,(H,18,21). The molecule has 0 aliphatic carbocycles. The topological polar surface area (TPSA) is 98.5 Å². The average Bonchev–Trinajstić information content (AvgIpc) is 2.54. The average molecular weight is 349 g/mol. The maximum atomic E-state index is 11.9. The van der Waals surface area contributed by atoms with E-state index in [0.717, 1.165) is 0 Å². The number of carbonyl (C=O) groups excluding carboxylic acids is 2. The van der Waals surface area contributed by atoms with Crippen molar-refractivity contribution >= 4 is 34.7 Å². The number of nitrogens with one attached hydrogen (secondary N) is 1. The predicted molar refractivity (Wildman–Crippen MR) is 88.7 cm³/mol. The van der Waals surface area contributed by atoms with E-state index in [1.54, 1.807) is 6.07 Å². The second kappa shape index (κ2) is 7.56. The second-order valence-electron chi connectivity index (χ2n) is 4.84. The third kappa shape index (κ3) is 4.53. The first kappa shape index (κ1) is 17.4. The Morgan fingerprint density at radius 1 is 1.21 bits per heavy atom. The summed E-state index contributed by atoms with van der Waals surface area (Å²) >= 11 is 5.83. The Labute approximate surface area is 142 Å². The number of nitrogens with zero attached hydrogens (tertiary/aromatic N) is 1. The lowest BCUT2D eigenvalue weighted by Crippen LogP contribution is -2.20. The summed E-state index contributed by atoms with van der Waals surface area (Å²) in [6, 6.07) is 9.93. The van der Waals surface area contributed by atoms with Gasteiger partial charge in [-0.1, -0.05) is 11.6 Å². The zero-order chi connectivity index (χ0) is 17.7. The Morgan fingerprint density at radius 2 is 1.88 bits per heavy atom. The van der Waals surface area contributed by atoms with E-state index in [9.17, 15) is 19.7 Å². The molecule has 0 spiro atoms. The molecule has 0 fully saturated rings. The fraction of sp³-hybridized carbons (Fsp3) is 0.125. The van der Waals surface area contributed by atoms with Crippen LogP contribution in [-0.2, 0) is 4.79 Å². The lowest BCUT2D eigenvalue weighted by atomic mass is 10.1. The van der Waals surface area contributed by atoms with E-state index in [1.165, 1.54) is 43.3 Å². The normalized spacial score (nSPS) is 10.1. The number of ketones is 1. The van der Waals surface area contributed by atoms with Crippen molar-refractivity contribution in [2.45, 2.75) is 6.92 Å². The van der Waals surface area contributed by atoms with Gasteiger partial charge in [-0.25, -0.2) is 0 Å². The van der Waals surface area contributed by atoms with Crippen LogP contribution in [0.15, 0.2) is 42.5 Å². The van der Waals surface area contributed by atoms with Gasteiger partial charge < -0.3 is 10.1 Å². The van der Waals surface area contributed by atoms with Crippen molar-refractivity contribution in [1.82, 2.24) is 0 Å². The molecule has 0 radical (unpaired) electrons. The minimum absolute atomic E-state index is 0.0727. The summed E-state index contributed by atoms with van der Waals surface area (Å²) in [4.78, 5) is 33.5. The maximum Gasteiger partial charge on any atom is 0.269 e. The Balaban J connectivity index is 1.98. The van der Waals surface area contributed by atoms with E-state index < -0.39 is 10.8 Å². The Hall–Kier alpha value is -2.93. The van der Waals surface area contributed by atoms with Gasteiger partial charge in [-0.2, -0.15) is 0 Å². The van der Waals surface area contributed by atoms with Crippen LogP contribution in [-0.4, -0.2) is 23.2 Å². The summed E-state index contributed by atoms with van der Waals surface area (Å²) in [6.07, 6.45) is 0. The van der Waals surface area contributed by atoms with Gasteiger partial charge in [0.15, 0.2) is 12.4 Å². The first-order valence-corrected chi connectivity index (χ1v) is 7.22. The number of anilines is 1. The summed E-state index contributed by atoms with van der Waals surface area (Å²) in [5.74, 6) is -0.442. The van der Waals surface area contributed by atoms with E-state index in [1.807, 2.05) is 0 Å². The monoisotopic (exact) mass is 348 g/mol. The van der Waals surface area contributed by atoms with Crippen LogP contribution in [0.3, 0.4) is 0 Å². The number of ether oxygens (including phenoxy) is 1. The molecule has 0 aliphatic heterocycles. The first-order chi connectivity index (χ1) is 11.4. The molecule has 2 rings (SSSR count). The molecule has 0 heterocycles. The van der Waals surface area contributed by atoms with Crippen molar-refractivity contribution in [3.8, 4) is 5.75 Å². The van der Waals surface area contributed by atoms with E-state index in [-0.39, 0.29) is 29.4 Å². The van der Waals surface area contributed by atoms with E-state index >= 15 is 0 Å². The van der Waals surface area contributed by atoms with Gasteiger partial charge in [0.05, 0.1) is 10.5 Å². The Morgan fingerprint density at radius 3 is 2.46 bits per heavy atom. The summed E-state index contributed by atoms with van der Waals surface area (Å²) in [7, 11) is 0. The Kier molecular flexibility index (Phi) is 5.49. The lowest BCUT2D eigenvalue weighted by Gasteiger charge is -2.10. The van der Waals surface area contributed by atoms with E-state index in [2.05, 4.69) is 5.32 Å². The van der Waals surface area contributed by atoms with Crippen molar-refractivity contribution < 1.29 is 19.2 Å². The minimum atomic E-state index is -0.529. The molecule has 0 unspecified atom stereocenters. The smallest absolute Gasteiger partial charge is 0.269 e. The molecule has 7 nitrogen and oxygen atoms in total. The molecule has 0 atom stereocenters. The van der Waals surface area contributed by atoms with Crippen molar-refractivity contribution in [2.24, 2.45) is 0 Å². The number of rotatable bonds is 6. The van der Waals surface area contributed by atoms with Crippen molar-refractivity contribution in [3.63, 3.8) is 0 Å². The third-order valence-electron chi connectivity index (χ3n) is 3.04.